The molecule has 1 saturated carbocycles. The van der Waals surface area contributed by atoms with Gasteiger partial charge in [-0.05, 0) is 12.8 Å². The van der Waals surface area contributed by atoms with Gasteiger partial charge >= 0.3 is 0 Å². The minimum Gasteiger partial charge on any atom is -0.367 e. The number of fused-ring (bicyclic) bond motifs is 1. The number of anilines is 1. The van der Waals surface area contributed by atoms with Crippen molar-refractivity contribution in [2.45, 2.75) is 31.1 Å². The number of nitrogens with zero attached hydrogens (tertiary/aromatic N) is 4. The predicted octanol–water partition coefficient (Wildman–Crippen LogP) is 2.52. The monoisotopic (exact) mass is 297 g/mol. The van der Waals surface area contributed by atoms with Crippen molar-refractivity contribution in [2.24, 2.45) is 0 Å². The van der Waals surface area contributed by atoms with E-state index in [1.165, 1.54) is 10.7 Å². The molecule has 8 heteroatoms. The Balaban J connectivity index is 2.40. The lowest BCUT2D eigenvalue weighted by Gasteiger charge is -2.40. The number of nitrogen functional groups attached to an aromatic ring is 1. The molecule has 0 radical (unpaired) electrons. The Hall–Kier alpha value is -1.94. The molecule has 0 aromatic carbocycles. The molecule has 104 valence electrons. The molecule has 1 aliphatic carbocycles. The van der Waals surface area contributed by atoms with Gasteiger partial charge in [0, 0.05) is 0 Å². The molecule has 3 rings (SSSR count). The van der Waals surface area contributed by atoms with Gasteiger partial charge in [0.05, 0.1) is 27.9 Å². The standard InChI is InChI=1S/C12H10ClF2N5/c13-8-6(4-16)9(12(10(14)15)2-1-3-12)20-7(8)5-18-11(17)19-20/h5,10H,1-3H2,(H2,17,19). The fraction of sp³-hybridized carbons (Fsp3) is 0.417. The lowest BCUT2D eigenvalue weighted by atomic mass is 9.66. The molecule has 2 aromatic rings. The molecule has 5 nitrogen and oxygen atoms in total. The highest BCUT2D eigenvalue weighted by Gasteiger charge is 2.51. The largest absolute Gasteiger partial charge is 0.367 e. The van der Waals surface area contributed by atoms with E-state index < -0.39 is 11.8 Å². The van der Waals surface area contributed by atoms with Crippen molar-refractivity contribution in [3.8, 4) is 6.07 Å². The molecule has 1 fully saturated rings. The Kier molecular flexibility index (Phi) is 2.80. The minimum atomic E-state index is -2.59. The Morgan fingerprint density at radius 3 is 2.70 bits per heavy atom. The predicted molar refractivity (Wildman–Crippen MR) is 68.7 cm³/mol. The highest BCUT2D eigenvalue weighted by atomic mass is 35.5. The van der Waals surface area contributed by atoms with Crippen LogP contribution in [0.2, 0.25) is 5.02 Å². The first-order valence-corrected chi connectivity index (χ1v) is 6.40. The van der Waals surface area contributed by atoms with E-state index in [4.69, 9.17) is 17.3 Å². The van der Waals surface area contributed by atoms with Crippen molar-refractivity contribution in [2.75, 3.05) is 5.73 Å². The number of halogens is 3. The fourth-order valence-corrected chi connectivity index (χ4v) is 2.96. The van der Waals surface area contributed by atoms with Gasteiger partial charge in [0.15, 0.2) is 0 Å². The molecule has 0 atom stereocenters. The second kappa shape index (κ2) is 4.28. The van der Waals surface area contributed by atoms with Gasteiger partial charge in [-0.2, -0.15) is 5.26 Å². The molecule has 0 bridgehead atoms. The van der Waals surface area contributed by atoms with Gasteiger partial charge < -0.3 is 5.73 Å². The number of nitrogens with two attached hydrogens (primary N) is 1. The summed E-state index contributed by atoms with van der Waals surface area (Å²) in [6.45, 7) is 0. The Bertz CT molecular complexity index is 730. The third-order valence-electron chi connectivity index (χ3n) is 3.89. The number of aromatic nitrogens is 3. The lowest BCUT2D eigenvalue weighted by Crippen LogP contribution is -2.43. The summed E-state index contributed by atoms with van der Waals surface area (Å²) in [5.41, 5.74) is 4.64. The maximum absolute atomic E-state index is 13.5. The zero-order chi connectivity index (χ0) is 14.5. The summed E-state index contributed by atoms with van der Waals surface area (Å²) in [5.74, 6) is -0.0568. The molecule has 0 amide bonds. The zero-order valence-electron chi connectivity index (χ0n) is 10.3. The average Bonchev–Trinajstić information content (AvgIpc) is 2.61. The summed E-state index contributed by atoms with van der Waals surface area (Å²) < 4.78 is 28.3. The number of rotatable bonds is 2. The average molecular weight is 298 g/mol. The first-order valence-electron chi connectivity index (χ1n) is 6.02. The van der Waals surface area contributed by atoms with Crippen LogP contribution in [0.25, 0.3) is 5.52 Å². The van der Waals surface area contributed by atoms with Gasteiger partial charge in [-0.25, -0.2) is 18.3 Å². The van der Waals surface area contributed by atoms with Gasteiger partial charge in [0.1, 0.15) is 11.6 Å². The summed E-state index contributed by atoms with van der Waals surface area (Å²) >= 11 is 6.10. The summed E-state index contributed by atoms with van der Waals surface area (Å²) in [6.07, 6.45) is 0.0268. The number of nitriles is 1. The van der Waals surface area contributed by atoms with Crippen LogP contribution in [-0.4, -0.2) is 21.0 Å². The summed E-state index contributed by atoms with van der Waals surface area (Å²) in [5, 5.41) is 13.3. The van der Waals surface area contributed by atoms with Crippen molar-refractivity contribution in [3.63, 3.8) is 0 Å². The van der Waals surface area contributed by atoms with E-state index in [-0.39, 0.29) is 22.2 Å². The van der Waals surface area contributed by atoms with Crippen LogP contribution in [-0.2, 0) is 5.41 Å². The summed E-state index contributed by atoms with van der Waals surface area (Å²) in [7, 11) is 0. The van der Waals surface area contributed by atoms with Crippen molar-refractivity contribution in [3.05, 3.63) is 22.5 Å². The number of alkyl halides is 2. The van der Waals surface area contributed by atoms with Crippen LogP contribution in [0.3, 0.4) is 0 Å². The molecule has 0 aliphatic heterocycles. The molecular weight excluding hydrogens is 288 g/mol. The van der Waals surface area contributed by atoms with Gasteiger partial charge in [-0.3, -0.25) is 0 Å². The van der Waals surface area contributed by atoms with E-state index in [0.717, 1.165) is 0 Å². The molecule has 2 N–H and O–H groups in total. The van der Waals surface area contributed by atoms with Crippen molar-refractivity contribution >= 4 is 23.1 Å². The van der Waals surface area contributed by atoms with Crippen LogP contribution in [0.4, 0.5) is 14.7 Å². The second-order valence-electron chi connectivity index (χ2n) is 4.87. The Labute approximate surface area is 118 Å². The number of hydrogen-bond donors (Lipinski definition) is 1. The van der Waals surface area contributed by atoms with Crippen LogP contribution in [0.5, 0.6) is 0 Å². The second-order valence-corrected chi connectivity index (χ2v) is 5.25. The molecule has 0 saturated heterocycles. The Morgan fingerprint density at radius 1 is 1.50 bits per heavy atom. The maximum Gasteiger partial charge on any atom is 0.249 e. The van der Waals surface area contributed by atoms with Crippen LogP contribution in [0.15, 0.2) is 6.20 Å². The van der Waals surface area contributed by atoms with E-state index in [0.29, 0.717) is 24.8 Å². The summed E-state index contributed by atoms with van der Waals surface area (Å²) in [6, 6.07) is 1.91. The van der Waals surface area contributed by atoms with Gasteiger partial charge in [-0.15, -0.1) is 5.10 Å². The molecule has 0 spiro atoms. The minimum absolute atomic E-state index is 0.0339. The molecule has 20 heavy (non-hydrogen) atoms. The fourth-order valence-electron chi connectivity index (χ4n) is 2.70. The van der Waals surface area contributed by atoms with Gasteiger partial charge in [0.25, 0.3) is 0 Å². The van der Waals surface area contributed by atoms with E-state index in [9.17, 15) is 14.0 Å². The van der Waals surface area contributed by atoms with Crippen molar-refractivity contribution in [1.29, 1.82) is 5.26 Å². The quantitative estimate of drug-likeness (QED) is 0.923. The first-order chi connectivity index (χ1) is 9.51. The van der Waals surface area contributed by atoms with E-state index in [1.54, 1.807) is 0 Å². The molecular formula is C12H10ClF2N5. The van der Waals surface area contributed by atoms with E-state index >= 15 is 0 Å². The van der Waals surface area contributed by atoms with Crippen LogP contribution in [0.1, 0.15) is 30.5 Å². The van der Waals surface area contributed by atoms with Gasteiger partial charge in [-0.1, -0.05) is 18.0 Å². The molecule has 2 heterocycles. The van der Waals surface area contributed by atoms with Crippen LogP contribution in [0, 0.1) is 11.3 Å². The smallest absolute Gasteiger partial charge is 0.249 e. The van der Waals surface area contributed by atoms with E-state index in [2.05, 4.69) is 10.1 Å². The highest BCUT2D eigenvalue weighted by molar-refractivity contribution is 6.35. The van der Waals surface area contributed by atoms with Crippen LogP contribution < -0.4 is 5.73 Å². The third-order valence-corrected chi connectivity index (χ3v) is 4.27. The van der Waals surface area contributed by atoms with E-state index in [1.807, 2.05) is 6.07 Å². The third kappa shape index (κ3) is 1.51. The van der Waals surface area contributed by atoms with Gasteiger partial charge in [0.2, 0.25) is 12.4 Å². The first kappa shape index (κ1) is 13.1. The van der Waals surface area contributed by atoms with Crippen molar-refractivity contribution in [1.82, 2.24) is 14.6 Å². The normalized spacial score (nSPS) is 17.1. The maximum atomic E-state index is 13.5. The highest BCUT2D eigenvalue weighted by Crippen LogP contribution is 2.51. The van der Waals surface area contributed by atoms with Crippen molar-refractivity contribution < 1.29 is 8.78 Å². The SMILES string of the molecule is N#Cc1c(Cl)c2cnc(N)nn2c1C1(C(F)F)CCC1. The Morgan fingerprint density at radius 2 is 2.20 bits per heavy atom. The summed E-state index contributed by atoms with van der Waals surface area (Å²) in [4.78, 5) is 3.79. The molecule has 0 unspecified atom stereocenters. The topological polar surface area (TPSA) is 80.0 Å². The zero-order valence-corrected chi connectivity index (χ0v) is 11.0. The lowest BCUT2D eigenvalue weighted by molar-refractivity contribution is -0.00300. The molecule has 2 aromatic heterocycles. The van der Waals surface area contributed by atoms with Crippen LogP contribution >= 0.6 is 11.6 Å². The number of hydrogen-bond acceptors (Lipinski definition) is 4. The molecule has 1 aliphatic rings.